The first-order valence-electron chi connectivity index (χ1n) is 9.70. The quantitative estimate of drug-likeness (QED) is 0.261. The smallest absolute Gasteiger partial charge is 0.344 e. The molecule has 0 rings (SSSR count). The molecule has 0 N–H and O–H groups in total. The van der Waals surface area contributed by atoms with Crippen LogP contribution in [0.15, 0.2) is 0 Å². The van der Waals surface area contributed by atoms with Crippen LogP contribution in [0.25, 0.3) is 0 Å². The number of hydrogen-bond donors (Lipinski definition) is 0. The lowest BCUT2D eigenvalue weighted by atomic mass is 10.0. The van der Waals surface area contributed by atoms with E-state index in [4.69, 9.17) is 8.85 Å². The van der Waals surface area contributed by atoms with Gasteiger partial charge >= 0.3 is 8.56 Å². The van der Waals surface area contributed by atoms with Gasteiger partial charge in [0.25, 0.3) is 0 Å². The van der Waals surface area contributed by atoms with Crippen molar-refractivity contribution in [3.05, 3.63) is 0 Å². The van der Waals surface area contributed by atoms with Gasteiger partial charge in [0.1, 0.15) is 0 Å². The van der Waals surface area contributed by atoms with Crippen LogP contribution >= 0.6 is 0 Å². The molecular formula is C19H42O2Si. The van der Waals surface area contributed by atoms with Crippen molar-refractivity contribution < 1.29 is 8.85 Å². The van der Waals surface area contributed by atoms with Gasteiger partial charge < -0.3 is 8.85 Å². The van der Waals surface area contributed by atoms with Gasteiger partial charge in [-0.1, -0.05) is 73.1 Å². The van der Waals surface area contributed by atoms with Crippen molar-refractivity contribution in [2.45, 2.75) is 104 Å². The van der Waals surface area contributed by atoms with E-state index in [0.717, 1.165) is 25.2 Å². The second kappa shape index (κ2) is 11.6. The summed E-state index contributed by atoms with van der Waals surface area (Å²) in [5, 5.41) is 0.190. The van der Waals surface area contributed by atoms with Gasteiger partial charge in [0.2, 0.25) is 0 Å². The molecule has 0 amide bonds. The maximum absolute atomic E-state index is 6.44. The van der Waals surface area contributed by atoms with E-state index in [1.807, 2.05) is 0 Å². The van der Waals surface area contributed by atoms with E-state index >= 15 is 0 Å². The summed E-state index contributed by atoms with van der Waals surface area (Å²) in [6, 6.07) is 1.16. The molecule has 0 aromatic heterocycles. The Morgan fingerprint density at radius 1 is 0.818 bits per heavy atom. The summed E-state index contributed by atoms with van der Waals surface area (Å²) in [5.41, 5.74) is 0. The molecule has 0 aromatic carbocycles. The first-order chi connectivity index (χ1) is 10.4. The van der Waals surface area contributed by atoms with Crippen LogP contribution in [0.2, 0.25) is 11.1 Å². The fourth-order valence-corrected chi connectivity index (χ4v) is 7.92. The Balaban J connectivity index is 5.13. The lowest BCUT2D eigenvalue weighted by Gasteiger charge is -2.44. The summed E-state index contributed by atoms with van der Waals surface area (Å²) >= 11 is 0. The standard InChI is InChI=1S/C19H42O2Si/c1-8-13-14-15-16-19(6,7)22(20-11-4,21-12-5)17-18(9-2)10-3/h18H,8-17H2,1-7H3. The predicted octanol–water partition coefficient (Wildman–Crippen LogP) is 6.69. The molecule has 0 aliphatic carbocycles. The molecule has 3 heteroatoms. The topological polar surface area (TPSA) is 18.5 Å². The molecule has 0 bridgehead atoms. The average Bonchev–Trinajstić information content (AvgIpc) is 2.49. The van der Waals surface area contributed by atoms with Crippen molar-refractivity contribution in [1.29, 1.82) is 0 Å². The van der Waals surface area contributed by atoms with Crippen LogP contribution < -0.4 is 0 Å². The molecule has 0 heterocycles. The Morgan fingerprint density at radius 2 is 1.36 bits per heavy atom. The monoisotopic (exact) mass is 330 g/mol. The lowest BCUT2D eigenvalue weighted by molar-refractivity contribution is 0.147. The molecular weight excluding hydrogens is 288 g/mol. The normalized spacial score (nSPS) is 13.1. The summed E-state index contributed by atoms with van der Waals surface area (Å²) in [5.74, 6) is 0.736. The number of unbranched alkanes of at least 4 members (excludes halogenated alkanes) is 3. The maximum atomic E-state index is 6.44. The van der Waals surface area contributed by atoms with Crippen molar-refractivity contribution in [2.24, 2.45) is 5.92 Å². The van der Waals surface area contributed by atoms with E-state index < -0.39 is 8.56 Å². The molecule has 0 atom stereocenters. The molecule has 0 spiro atoms. The minimum absolute atomic E-state index is 0.190. The molecule has 0 saturated heterocycles. The Hall–Kier alpha value is 0.137. The zero-order valence-electron chi connectivity index (χ0n) is 16.5. The summed E-state index contributed by atoms with van der Waals surface area (Å²) in [6.45, 7) is 17.5. The van der Waals surface area contributed by atoms with Crippen molar-refractivity contribution in [2.75, 3.05) is 13.2 Å². The van der Waals surface area contributed by atoms with Crippen molar-refractivity contribution in [3.8, 4) is 0 Å². The molecule has 0 saturated carbocycles. The van der Waals surface area contributed by atoms with Gasteiger partial charge in [-0.15, -0.1) is 0 Å². The Kier molecular flexibility index (Phi) is 11.7. The highest BCUT2D eigenvalue weighted by atomic mass is 28.4. The maximum Gasteiger partial charge on any atom is 0.344 e. The molecule has 2 nitrogen and oxygen atoms in total. The average molecular weight is 331 g/mol. The highest BCUT2D eigenvalue weighted by Crippen LogP contribution is 2.47. The third-order valence-electron chi connectivity index (χ3n) is 5.15. The van der Waals surface area contributed by atoms with E-state index in [1.165, 1.54) is 44.9 Å². The van der Waals surface area contributed by atoms with Crippen molar-refractivity contribution >= 4 is 8.56 Å². The second-order valence-electron chi connectivity index (χ2n) is 7.20. The fraction of sp³-hybridized carbons (Fsp3) is 1.00. The van der Waals surface area contributed by atoms with Crippen LogP contribution in [-0.4, -0.2) is 21.8 Å². The first kappa shape index (κ1) is 22.1. The van der Waals surface area contributed by atoms with E-state index in [0.29, 0.717) is 0 Å². The van der Waals surface area contributed by atoms with Gasteiger partial charge in [0.15, 0.2) is 0 Å². The van der Waals surface area contributed by atoms with Crippen LogP contribution in [0.4, 0.5) is 0 Å². The number of rotatable bonds is 14. The molecule has 22 heavy (non-hydrogen) atoms. The zero-order valence-corrected chi connectivity index (χ0v) is 17.5. The van der Waals surface area contributed by atoms with Gasteiger partial charge in [-0.05, 0) is 32.2 Å². The minimum Gasteiger partial charge on any atom is -0.394 e. The van der Waals surface area contributed by atoms with Gasteiger partial charge in [0.05, 0.1) is 0 Å². The summed E-state index contributed by atoms with van der Waals surface area (Å²) in [6.07, 6.45) is 8.99. The summed E-state index contributed by atoms with van der Waals surface area (Å²) in [4.78, 5) is 0. The van der Waals surface area contributed by atoms with Gasteiger partial charge in [-0.3, -0.25) is 0 Å². The third kappa shape index (κ3) is 6.72. The van der Waals surface area contributed by atoms with Crippen LogP contribution in [0.5, 0.6) is 0 Å². The molecule has 0 radical (unpaired) electrons. The Bertz CT molecular complexity index is 256. The van der Waals surface area contributed by atoms with Crippen molar-refractivity contribution in [3.63, 3.8) is 0 Å². The Morgan fingerprint density at radius 3 is 1.77 bits per heavy atom. The number of hydrogen-bond acceptors (Lipinski definition) is 2. The van der Waals surface area contributed by atoms with E-state index in [1.54, 1.807) is 0 Å². The summed E-state index contributed by atoms with van der Waals surface area (Å²) in [7, 11) is -2.19. The highest BCUT2D eigenvalue weighted by molar-refractivity contribution is 6.70. The largest absolute Gasteiger partial charge is 0.394 e. The van der Waals surface area contributed by atoms with Crippen LogP contribution in [-0.2, 0) is 8.85 Å². The highest BCUT2D eigenvalue weighted by Gasteiger charge is 2.51. The van der Waals surface area contributed by atoms with E-state index in [2.05, 4.69) is 48.5 Å². The molecule has 0 aliphatic heterocycles. The van der Waals surface area contributed by atoms with Crippen LogP contribution in [0.1, 0.15) is 93.4 Å². The molecule has 0 unspecified atom stereocenters. The van der Waals surface area contributed by atoms with Crippen LogP contribution in [0.3, 0.4) is 0 Å². The van der Waals surface area contributed by atoms with Crippen molar-refractivity contribution in [1.82, 2.24) is 0 Å². The van der Waals surface area contributed by atoms with E-state index in [-0.39, 0.29) is 5.04 Å². The predicted molar refractivity (Wildman–Crippen MR) is 101 cm³/mol. The van der Waals surface area contributed by atoms with Crippen LogP contribution in [0, 0.1) is 5.92 Å². The SMILES string of the molecule is CCCCCCC(C)(C)[Si](CC(CC)CC)(OCC)OCC. The molecule has 0 fully saturated rings. The Labute approximate surface area is 141 Å². The zero-order chi connectivity index (χ0) is 17.1. The van der Waals surface area contributed by atoms with Gasteiger partial charge in [-0.25, -0.2) is 0 Å². The molecule has 0 aromatic rings. The van der Waals surface area contributed by atoms with E-state index in [9.17, 15) is 0 Å². The van der Waals surface area contributed by atoms with Gasteiger partial charge in [0, 0.05) is 18.3 Å². The van der Waals surface area contributed by atoms with Gasteiger partial charge in [-0.2, -0.15) is 0 Å². The minimum atomic E-state index is -2.19. The summed E-state index contributed by atoms with van der Waals surface area (Å²) < 4.78 is 12.9. The first-order valence-corrected chi connectivity index (χ1v) is 11.7. The lowest BCUT2D eigenvalue weighted by Crippen LogP contribution is -2.52. The third-order valence-corrected chi connectivity index (χ3v) is 10.1. The fourth-order valence-electron chi connectivity index (χ4n) is 3.43. The molecule has 0 aliphatic rings. The molecule has 134 valence electrons. The second-order valence-corrected chi connectivity index (χ2v) is 11.0.